The predicted octanol–water partition coefficient (Wildman–Crippen LogP) is 4.70. The molecule has 186 valence electrons. The van der Waals surface area contributed by atoms with Crippen LogP contribution in [0, 0.1) is 11.8 Å². The highest BCUT2D eigenvalue weighted by Crippen LogP contribution is 2.44. The van der Waals surface area contributed by atoms with Crippen LogP contribution in [0.5, 0.6) is 0 Å². The van der Waals surface area contributed by atoms with Gasteiger partial charge in [0.1, 0.15) is 6.61 Å². The van der Waals surface area contributed by atoms with Crippen molar-refractivity contribution in [2.75, 3.05) is 13.2 Å². The Balaban J connectivity index is 1.27. The summed E-state index contributed by atoms with van der Waals surface area (Å²) in [4.78, 5) is 36.5. The van der Waals surface area contributed by atoms with Crippen molar-refractivity contribution < 1.29 is 24.2 Å². The number of aliphatic carboxylic acids is 1. The van der Waals surface area contributed by atoms with Crippen LogP contribution in [-0.4, -0.2) is 42.3 Å². The number of carbonyl (C=O) groups excluding carboxylic acids is 2. The molecule has 0 unspecified atom stereocenters. The molecular weight excluding hydrogens is 444 g/mol. The van der Waals surface area contributed by atoms with Gasteiger partial charge in [-0.3, -0.25) is 9.59 Å². The van der Waals surface area contributed by atoms with Crippen LogP contribution in [0.1, 0.15) is 62.5 Å². The molecule has 0 aliphatic heterocycles. The second kappa shape index (κ2) is 11.4. The molecule has 0 heterocycles. The monoisotopic (exact) mass is 478 g/mol. The zero-order chi connectivity index (χ0) is 24.8. The van der Waals surface area contributed by atoms with Crippen LogP contribution in [0.15, 0.2) is 48.5 Å². The van der Waals surface area contributed by atoms with E-state index in [4.69, 9.17) is 4.74 Å². The first-order valence-corrected chi connectivity index (χ1v) is 12.6. The summed E-state index contributed by atoms with van der Waals surface area (Å²) < 4.78 is 5.60. The molecule has 2 aliphatic carbocycles. The van der Waals surface area contributed by atoms with Gasteiger partial charge in [-0.05, 0) is 47.4 Å². The topological polar surface area (TPSA) is 105 Å². The zero-order valence-electron chi connectivity index (χ0n) is 20.2. The van der Waals surface area contributed by atoms with E-state index in [1.54, 1.807) is 0 Å². The number of amides is 2. The fraction of sp³-hybridized carbons (Fsp3) is 0.464. The minimum atomic E-state index is -0.785. The first-order valence-electron chi connectivity index (χ1n) is 12.6. The number of carbonyl (C=O) groups is 3. The van der Waals surface area contributed by atoms with Crippen LogP contribution in [-0.2, 0) is 14.3 Å². The van der Waals surface area contributed by atoms with Crippen molar-refractivity contribution in [3.05, 3.63) is 59.7 Å². The van der Waals surface area contributed by atoms with E-state index in [0.717, 1.165) is 30.4 Å². The average molecular weight is 479 g/mol. The number of hydrogen-bond acceptors (Lipinski definition) is 4. The van der Waals surface area contributed by atoms with Gasteiger partial charge in [-0.15, -0.1) is 0 Å². The van der Waals surface area contributed by atoms with E-state index in [1.807, 2.05) is 31.2 Å². The van der Waals surface area contributed by atoms with Crippen molar-refractivity contribution in [2.45, 2.75) is 57.4 Å². The molecule has 4 rings (SSSR count). The summed E-state index contributed by atoms with van der Waals surface area (Å²) in [6.07, 6.45) is 3.56. The van der Waals surface area contributed by atoms with Gasteiger partial charge in [0, 0.05) is 24.9 Å². The van der Waals surface area contributed by atoms with Gasteiger partial charge < -0.3 is 20.5 Å². The molecule has 1 saturated carbocycles. The largest absolute Gasteiger partial charge is 0.481 e. The minimum absolute atomic E-state index is 0.0193. The van der Waals surface area contributed by atoms with Crippen molar-refractivity contribution in [1.82, 2.24) is 10.6 Å². The van der Waals surface area contributed by atoms with Gasteiger partial charge in [-0.25, -0.2) is 4.79 Å². The number of benzene rings is 2. The Bertz CT molecular complexity index is 1020. The molecule has 0 bridgehead atoms. The van der Waals surface area contributed by atoms with Gasteiger partial charge in [0.15, 0.2) is 0 Å². The molecule has 2 aromatic carbocycles. The molecule has 2 aliphatic rings. The number of rotatable bonds is 9. The Kier molecular flexibility index (Phi) is 8.06. The number of fused-ring (bicyclic) bond motifs is 3. The quantitative estimate of drug-likeness (QED) is 0.485. The molecule has 3 N–H and O–H groups in total. The summed E-state index contributed by atoms with van der Waals surface area (Å²) in [6.45, 7) is 2.49. The zero-order valence-corrected chi connectivity index (χ0v) is 20.2. The molecule has 7 heteroatoms. The van der Waals surface area contributed by atoms with Gasteiger partial charge >= 0.3 is 12.1 Å². The number of hydrogen-bond donors (Lipinski definition) is 3. The third-order valence-electron chi connectivity index (χ3n) is 7.38. The summed E-state index contributed by atoms with van der Waals surface area (Å²) in [5, 5.41) is 15.1. The maximum atomic E-state index is 12.6. The highest BCUT2D eigenvalue weighted by atomic mass is 16.5. The number of alkyl carbamates (subject to hydrolysis) is 1. The Morgan fingerprint density at radius 3 is 2.26 bits per heavy atom. The average Bonchev–Trinajstić information content (AvgIpc) is 3.19. The van der Waals surface area contributed by atoms with Gasteiger partial charge in [0.25, 0.3) is 0 Å². The van der Waals surface area contributed by atoms with E-state index in [9.17, 15) is 19.5 Å². The molecule has 35 heavy (non-hydrogen) atoms. The maximum Gasteiger partial charge on any atom is 0.407 e. The van der Waals surface area contributed by atoms with Crippen LogP contribution < -0.4 is 10.6 Å². The van der Waals surface area contributed by atoms with Gasteiger partial charge in [0.05, 0.1) is 5.92 Å². The van der Waals surface area contributed by atoms with Crippen LogP contribution in [0.25, 0.3) is 11.1 Å². The minimum Gasteiger partial charge on any atom is -0.481 e. The van der Waals surface area contributed by atoms with Crippen molar-refractivity contribution >= 4 is 18.0 Å². The lowest BCUT2D eigenvalue weighted by molar-refractivity contribution is -0.145. The molecular formula is C28H34N2O5. The Morgan fingerprint density at radius 2 is 1.63 bits per heavy atom. The first-order chi connectivity index (χ1) is 17.0. The molecule has 0 aromatic heterocycles. The van der Waals surface area contributed by atoms with E-state index in [-0.39, 0.29) is 36.8 Å². The summed E-state index contributed by atoms with van der Waals surface area (Å²) >= 11 is 0. The summed E-state index contributed by atoms with van der Waals surface area (Å²) in [5.41, 5.74) is 4.64. The third kappa shape index (κ3) is 5.84. The second-order valence-corrected chi connectivity index (χ2v) is 9.57. The second-order valence-electron chi connectivity index (χ2n) is 9.57. The fourth-order valence-electron chi connectivity index (χ4n) is 5.42. The molecule has 2 aromatic rings. The molecule has 1 fully saturated rings. The highest BCUT2D eigenvalue weighted by molar-refractivity contribution is 5.79. The summed E-state index contributed by atoms with van der Waals surface area (Å²) in [6, 6.07) is 16.0. The van der Waals surface area contributed by atoms with Crippen LogP contribution in [0.4, 0.5) is 4.79 Å². The standard InChI is InChI=1S/C28H34N2O5/c1-2-19(15-26(31)29-16-18-9-3-4-10-20(18)27(32)33)30-28(34)35-17-25-23-13-7-5-11-21(23)22-12-6-8-14-24(22)25/h5-8,11-14,18-20,25H,2-4,9-10,15-17H2,1H3,(H,29,31)(H,30,34)(H,32,33)/t18-,19+,20-/m1/s1. The van der Waals surface area contributed by atoms with Gasteiger partial charge in [0.2, 0.25) is 5.91 Å². The van der Waals surface area contributed by atoms with E-state index < -0.39 is 18.0 Å². The predicted molar refractivity (Wildman–Crippen MR) is 133 cm³/mol. The molecule has 7 nitrogen and oxygen atoms in total. The van der Waals surface area contributed by atoms with Crippen molar-refractivity contribution in [2.24, 2.45) is 11.8 Å². The van der Waals surface area contributed by atoms with Gasteiger partial charge in [-0.1, -0.05) is 68.3 Å². The highest BCUT2D eigenvalue weighted by Gasteiger charge is 2.31. The fourth-order valence-corrected chi connectivity index (χ4v) is 5.42. The maximum absolute atomic E-state index is 12.6. The normalized spacial score (nSPS) is 19.8. The van der Waals surface area contributed by atoms with Crippen LogP contribution >= 0.6 is 0 Å². The summed E-state index contributed by atoms with van der Waals surface area (Å²) in [7, 11) is 0. The number of ether oxygens (including phenoxy) is 1. The summed E-state index contributed by atoms with van der Waals surface area (Å²) in [5.74, 6) is -1.43. The van der Waals surface area contributed by atoms with Gasteiger partial charge in [-0.2, -0.15) is 0 Å². The lowest BCUT2D eigenvalue weighted by Gasteiger charge is -2.28. The smallest absolute Gasteiger partial charge is 0.407 e. The van der Waals surface area contributed by atoms with Crippen molar-refractivity contribution in [3.8, 4) is 11.1 Å². The van der Waals surface area contributed by atoms with E-state index >= 15 is 0 Å². The Hall–Kier alpha value is -3.35. The van der Waals surface area contributed by atoms with Crippen LogP contribution in [0.2, 0.25) is 0 Å². The molecule has 0 saturated heterocycles. The van der Waals surface area contributed by atoms with Crippen LogP contribution in [0.3, 0.4) is 0 Å². The van der Waals surface area contributed by atoms with Crippen molar-refractivity contribution in [3.63, 3.8) is 0 Å². The first kappa shape index (κ1) is 24.8. The number of nitrogens with one attached hydrogen (secondary N) is 2. The Morgan fingerprint density at radius 1 is 1.00 bits per heavy atom. The molecule has 3 atom stereocenters. The van der Waals surface area contributed by atoms with E-state index in [1.165, 1.54) is 11.1 Å². The van der Waals surface area contributed by atoms with E-state index in [2.05, 4.69) is 34.9 Å². The number of carboxylic acid groups (broad SMARTS) is 1. The molecule has 0 spiro atoms. The SMILES string of the molecule is CC[C@@H](CC(=O)NC[C@H]1CCCC[C@H]1C(=O)O)NC(=O)OCC1c2ccccc2-c2ccccc21. The molecule has 2 amide bonds. The van der Waals surface area contributed by atoms with Crippen molar-refractivity contribution in [1.29, 1.82) is 0 Å². The van der Waals surface area contributed by atoms with E-state index in [0.29, 0.717) is 19.4 Å². The lowest BCUT2D eigenvalue weighted by Crippen LogP contribution is -2.42. The Labute approximate surface area is 206 Å². The number of carboxylic acids is 1. The molecule has 0 radical (unpaired) electrons. The third-order valence-corrected chi connectivity index (χ3v) is 7.38. The lowest BCUT2D eigenvalue weighted by atomic mass is 9.79.